The molecule has 0 heterocycles. The Morgan fingerprint density at radius 1 is 1.22 bits per heavy atom. The lowest BCUT2D eigenvalue weighted by molar-refractivity contribution is -0.127. The number of likely N-dealkylation sites (N-methyl/N-ethyl adjacent to an activating group) is 1. The number of rotatable bonds is 6. The molecule has 1 amide bonds. The summed E-state index contributed by atoms with van der Waals surface area (Å²) in [6, 6.07) is 8.13. The van der Waals surface area contributed by atoms with Crippen molar-refractivity contribution < 1.29 is 4.79 Å². The smallest absolute Gasteiger partial charge is 0.241 e. The van der Waals surface area contributed by atoms with Crippen LogP contribution in [0.3, 0.4) is 0 Å². The summed E-state index contributed by atoms with van der Waals surface area (Å²) >= 11 is 0. The van der Waals surface area contributed by atoms with Crippen LogP contribution >= 0.6 is 24.0 Å². The van der Waals surface area contributed by atoms with Gasteiger partial charge in [0.2, 0.25) is 5.91 Å². The fourth-order valence-electron chi connectivity index (χ4n) is 1.68. The second-order valence-electron chi connectivity index (χ2n) is 5.54. The summed E-state index contributed by atoms with van der Waals surface area (Å²) in [5.74, 6) is 0.613. The molecule has 128 valence electrons. The standard InChI is InChI=1S/C17H26N4O.HI/c1-13(2)10-18-17(20-12-16(22)21(4)5)19-11-15-9-7-6-8-14(15)3;/h6-9H,1,10-12H2,2-5H3,(H2,18,19,20);1H. The molecule has 0 spiro atoms. The van der Waals surface area contributed by atoms with Gasteiger partial charge in [0.05, 0.1) is 13.1 Å². The Balaban J connectivity index is 0.00000484. The summed E-state index contributed by atoms with van der Waals surface area (Å²) in [6.07, 6.45) is 0. The van der Waals surface area contributed by atoms with Crippen LogP contribution in [0.4, 0.5) is 0 Å². The number of guanidine groups is 1. The van der Waals surface area contributed by atoms with Crippen molar-refractivity contribution >= 4 is 35.8 Å². The maximum Gasteiger partial charge on any atom is 0.241 e. The Morgan fingerprint density at radius 2 is 1.83 bits per heavy atom. The molecule has 0 radical (unpaired) electrons. The first-order valence-electron chi connectivity index (χ1n) is 7.31. The van der Waals surface area contributed by atoms with Gasteiger partial charge in [0.15, 0.2) is 5.96 Å². The number of aryl methyl sites for hydroxylation is 1. The molecule has 2 N–H and O–H groups in total. The average molecular weight is 430 g/mol. The minimum absolute atomic E-state index is 0. The number of benzene rings is 1. The summed E-state index contributed by atoms with van der Waals surface area (Å²) in [5, 5.41) is 6.22. The number of aliphatic imine (C=N–C) groups is 1. The minimum Gasteiger partial charge on any atom is -0.353 e. The largest absolute Gasteiger partial charge is 0.353 e. The van der Waals surface area contributed by atoms with Gasteiger partial charge >= 0.3 is 0 Å². The van der Waals surface area contributed by atoms with Gasteiger partial charge in [0.1, 0.15) is 0 Å². The molecule has 5 nitrogen and oxygen atoms in total. The van der Waals surface area contributed by atoms with Crippen LogP contribution in [0.5, 0.6) is 0 Å². The molecule has 0 aliphatic heterocycles. The third-order valence-corrected chi connectivity index (χ3v) is 3.13. The van der Waals surface area contributed by atoms with Gasteiger partial charge < -0.3 is 15.5 Å². The Kier molecular flexibility index (Phi) is 10.3. The van der Waals surface area contributed by atoms with Gasteiger partial charge in [0.25, 0.3) is 0 Å². The molecule has 0 aromatic heterocycles. The van der Waals surface area contributed by atoms with E-state index in [1.807, 2.05) is 19.1 Å². The molecule has 1 aromatic rings. The first kappa shape index (κ1) is 21.4. The summed E-state index contributed by atoms with van der Waals surface area (Å²) in [5.41, 5.74) is 3.37. The van der Waals surface area contributed by atoms with Crippen LogP contribution in [0.15, 0.2) is 41.4 Å². The van der Waals surface area contributed by atoms with Crippen molar-refractivity contribution in [2.45, 2.75) is 20.4 Å². The quantitative estimate of drug-likeness (QED) is 0.315. The Hall–Kier alpha value is -1.57. The van der Waals surface area contributed by atoms with Crippen molar-refractivity contribution in [3.63, 3.8) is 0 Å². The number of halogens is 1. The predicted molar refractivity (Wildman–Crippen MR) is 107 cm³/mol. The second-order valence-corrected chi connectivity index (χ2v) is 5.54. The predicted octanol–water partition coefficient (Wildman–Crippen LogP) is 2.31. The molecule has 0 bridgehead atoms. The minimum atomic E-state index is 0. The van der Waals surface area contributed by atoms with E-state index in [0.29, 0.717) is 19.0 Å². The van der Waals surface area contributed by atoms with E-state index < -0.39 is 0 Å². The van der Waals surface area contributed by atoms with Gasteiger partial charge in [0, 0.05) is 20.6 Å². The first-order valence-corrected chi connectivity index (χ1v) is 7.31. The molecular weight excluding hydrogens is 403 g/mol. The highest BCUT2D eigenvalue weighted by molar-refractivity contribution is 14.0. The van der Waals surface area contributed by atoms with Crippen LogP contribution in [0.2, 0.25) is 0 Å². The van der Waals surface area contributed by atoms with Gasteiger partial charge in [-0.25, -0.2) is 4.99 Å². The van der Waals surface area contributed by atoms with Crippen molar-refractivity contribution in [1.82, 2.24) is 15.5 Å². The highest BCUT2D eigenvalue weighted by atomic mass is 127. The molecule has 23 heavy (non-hydrogen) atoms. The van der Waals surface area contributed by atoms with Crippen molar-refractivity contribution in [3.8, 4) is 0 Å². The van der Waals surface area contributed by atoms with E-state index in [9.17, 15) is 4.79 Å². The van der Waals surface area contributed by atoms with Crippen molar-refractivity contribution in [3.05, 3.63) is 47.5 Å². The highest BCUT2D eigenvalue weighted by Crippen LogP contribution is 2.07. The molecular formula is C17H27IN4O. The van der Waals surface area contributed by atoms with Crippen LogP contribution in [0.25, 0.3) is 0 Å². The zero-order chi connectivity index (χ0) is 16.5. The fourth-order valence-corrected chi connectivity index (χ4v) is 1.68. The van der Waals surface area contributed by atoms with Crippen LogP contribution in [-0.2, 0) is 11.3 Å². The highest BCUT2D eigenvalue weighted by Gasteiger charge is 2.06. The normalized spacial score (nSPS) is 10.5. The van der Waals surface area contributed by atoms with Gasteiger partial charge in [-0.1, -0.05) is 36.4 Å². The number of carbonyl (C=O) groups excluding carboxylic acids is 1. The van der Waals surface area contributed by atoms with E-state index in [-0.39, 0.29) is 36.4 Å². The number of hydrogen-bond acceptors (Lipinski definition) is 2. The van der Waals surface area contributed by atoms with Crippen molar-refractivity contribution in [2.75, 3.05) is 27.2 Å². The number of hydrogen-bond donors (Lipinski definition) is 2. The van der Waals surface area contributed by atoms with E-state index >= 15 is 0 Å². The SMILES string of the molecule is C=C(C)CNC(=NCc1ccccc1C)NCC(=O)N(C)C.I. The van der Waals surface area contributed by atoms with Gasteiger partial charge in [-0.3, -0.25) is 4.79 Å². The monoisotopic (exact) mass is 430 g/mol. The van der Waals surface area contributed by atoms with Crippen LogP contribution in [-0.4, -0.2) is 44.0 Å². The zero-order valence-electron chi connectivity index (χ0n) is 14.3. The summed E-state index contributed by atoms with van der Waals surface area (Å²) < 4.78 is 0. The molecule has 0 aliphatic carbocycles. The van der Waals surface area contributed by atoms with E-state index in [4.69, 9.17) is 0 Å². The number of nitrogens with zero attached hydrogens (tertiary/aromatic N) is 2. The van der Waals surface area contributed by atoms with E-state index in [2.05, 4.69) is 41.3 Å². The topological polar surface area (TPSA) is 56.7 Å². The summed E-state index contributed by atoms with van der Waals surface area (Å²) in [6.45, 7) is 9.26. The van der Waals surface area contributed by atoms with E-state index in [1.54, 1.807) is 19.0 Å². The molecule has 0 aliphatic rings. The van der Waals surface area contributed by atoms with Gasteiger partial charge in [-0.05, 0) is 25.0 Å². The lowest BCUT2D eigenvalue weighted by Crippen LogP contribution is -2.43. The molecule has 0 saturated carbocycles. The molecule has 0 saturated heterocycles. The summed E-state index contributed by atoms with van der Waals surface area (Å²) in [7, 11) is 3.46. The van der Waals surface area contributed by atoms with E-state index in [1.165, 1.54) is 5.56 Å². The van der Waals surface area contributed by atoms with Crippen LogP contribution < -0.4 is 10.6 Å². The van der Waals surface area contributed by atoms with Gasteiger partial charge in [-0.2, -0.15) is 0 Å². The Labute approximate surface area is 156 Å². The molecule has 6 heteroatoms. The number of nitrogens with one attached hydrogen (secondary N) is 2. The number of carbonyl (C=O) groups is 1. The molecule has 0 atom stereocenters. The molecule has 0 unspecified atom stereocenters. The van der Waals surface area contributed by atoms with E-state index in [0.717, 1.165) is 11.1 Å². The maximum absolute atomic E-state index is 11.7. The number of amides is 1. The lowest BCUT2D eigenvalue weighted by Gasteiger charge is -2.15. The second kappa shape index (κ2) is 11.0. The van der Waals surface area contributed by atoms with Gasteiger partial charge in [-0.15, -0.1) is 24.0 Å². The van der Waals surface area contributed by atoms with Crippen molar-refractivity contribution in [2.24, 2.45) is 4.99 Å². The molecule has 0 fully saturated rings. The van der Waals surface area contributed by atoms with Crippen molar-refractivity contribution in [1.29, 1.82) is 0 Å². The van der Waals surface area contributed by atoms with Crippen LogP contribution in [0.1, 0.15) is 18.1 Å². The zero-order valence-corrected chi connectivity index (χ0v) is 16.7. The molecule has 1 aromatic carbocycles. The Morgan fingerprint density at radius 3 is 2.39 bits per heavy atom. The third kappa shape index (κ3) is 8.59. The Bertz CT molecular complexity index is 555. The first-order chi connectivity index (χ1) is 10.4. The maximum atomic E-state index is 11.7. The van der Waals surface area contributed by atoms with Crippen LogP contribution in [0, 0.1) is 6.92 Å². The third-order valence-electron chi connectivity index (χ3n) is 3.13. The average Bonchev–Trinajstić information content (AvgIpc) is 2.47. The lowest BCUT2D eigenvalue weighted by atomic mass is 10.1. The summed E-state index contributed by atoms with van der Waals surface area (Å²) in [4.78, 5) is 17.8. The fraction of sp³-hybridized carbons (Fsp3) is 0.412. The molecule has 1 rings (SSSR count).